The summed E-state index contributed by atoms with van der Waals surface area (Å²) in [5.74, 6) is -1.65. The van der Waals surface area contributed by atoms with E-state index in [9.17, 15) is 9.90 Å². The fourth-order valence-electron chi connectivity index (χ4n) is 3.41. The number of carbonyl (C=O) groups excluding carboxylic acids is 1. The van der Waals surface area contributed by atoms with Gasteiger partial charge in [0.05, 0.1) is 13.2 Å². The first-order chi connectivity index (χ1) is 11.2. The predicted molar refractivity (Wildman–Crippen MR) is 86.0 cm³/mol. The zero-order chi connectivity index (χ0) is 15.9. The van der Waals surface area contributed by atoms with Crippen molar-refractivity contribution in [2.24, 2.45) is 0 Å². The summed E-state index contributed by atoms with van der Waals surface area (Å²) in [4.78, 5) is 16.4. The fourth-order valence-corrected chi connectivity index (χ4v) is 3.41. The summed E-state index contributed by atoms with van der Waals surface area (Å²) < 4.78 is 5.40. The van der Waals surface area contributed by atoms with E-state index in [1.165, 1.54) is 4.90 Å². The number of benzene rings is 2. The molecule has 2 aromatic carbocycles. The number of ether oxygens (including phenoxy) is 1. The molecule has 1 unspecified atom stereocenters. The van der Waals surface area contributed by atoms with Crippen molar-refractivity contribution >= 4 is 11.6 Å². The van der Waals surface area contributed by atoms with Crippen LogP contribution in [0.25, 0.3) is 0 Å². The van der Waals surface area contributed by atoms with E-state index in [-0.39, 0.29) is 5.91 Å². The van der Waals surface area contributed by atoms with Crippen LogP contribution in [0.2, 0.25) is 0 Å². The van der Waals surface area contributed by atoms with Gasteiger partial charge in [0.25, 0.3) is 5.91 Å². The van der Waals surface area contributed by atoms with Gasteiger partial charge in [-0.3, -0.25) is 9.69 Å². The van der Waals surface area contributed by atoms with Gasteiger partial charge >= 0.3 is 0 Å². The highest BCUT2D eigenvalue weighted by Gasteiger charge is 2.53. The number of rotatable bonds is 2. The van der Waals surface area contributed by atoms with Crippen LogP contribution in [0.5, 0.6) is 0 Å². The molecule has 2 aliphatic heterocycles. The van der Waals surface area contributed by atoms with E-state index in [1.807, 2.05) is 53.4 Å². The second kappa shape index (κ2) is 5.45. The normalized spacial score (nSPS) is 24.7. The van der Waals surface area contributed by atoms with Gasteiger partial charge in [0.2, 0.25) is 5.85 Å². The molecule has 0 spiro atoms. The maximum absolute atomic E-state index is 13.0. The van der Waals surface area contributed by atoms with Gasteiger partial charge < -0.3 is 9.84 Å². The zero-order valence-electron chi connectivity index (χ0n) is 12.7. The number of nitrogens with zero attached hydrogens (tertiary/aromatic N) is 2. The van der Waals surface area contributed by atoms with Gasteiger partial charge in [0, 0.05) is 29.9 Å². The Morgan fingerprint density at radius 2 is 1.61 bits per heavy atom. The lowest BCUT2D eigenvalue weighted by atomic mass is 10.1. The van der Waals surface area contributed by atoms with Crippen molar-refractivity contribution < 1.29 is 14.6 Å². The van der Waals surface area contributed by atoms with Gasteiger partial charge in [-0.15, -0.1) is 0 Å². The summed E-state index contributed by atoms with van der Waals surface area (Å²) >= 11 is 0. The van der Waals surface area contributed by atoms with Crippen molar-refractivity contribution in [2.45, 2.75) is 5.85 Å². The van der Waals surface area contributed by atoms with Gasteiger partial charge in [-0.1, -0.05) is 36.4 Å². The van der Waals surface area contributed by atoms with Crippen LogP contribution in [0.4, 0.5) is 5.69 Å². The van der Waals surface area contributed by atoms with Crippen LogP contribution in [-0.2, 0) is 10.6 Å². The Balaban J connectivity index is 1.88. The number of amides is 1. The number of anilines is 1. The SMILES string of the molecule is O=C1c2ccccc2C(O)(N2CCOCC2)N1c1ccccc1. The molecule has 1 fully saturated rings. The Labute approximate surface area is 134 Å². The molecule has 1 saturated heterocycles. The molecule has 1 amide bonds. The van der Waals surface area contributed by atoms with Crippen LogP contribution in [0.1, 0.15) is 15.9 Å². The third-order valence-electron chi connectivity index (χ3n) is 4.50. The van der Waals surface area contributed by atoms with Gasteiger partial charge in [-0.05, 0) is 18.2 Å². The molecular formula is C18H18N2O3. The Kier molecular flexibility index (Phi) is 3.41. The van der Waals surface area contributed by atoms with E-state index in [4.69, 9.17) is 4.74 Å². The van der Waals surface area contributed by atoms with Crippen molar-refractivity contribution in [3.8, 4) is 0 Å². The van der Waals surface area contributed by atoms with Gasteiger partial charge in [-0.2, -0.15) is 0 Å². The average Bonchev–Trinajstić information content (AvgIpc) is 2.86. The summed E-state index contributed by atoms with van der Waals surface area (Å²) in [7, 11) is 0. The van der Waals surface area contributed by atoms with Gasteiger partial charge in [0.15, 0.2) is 0 Å². The third-order valence-corrected chi connectivity index (χ3v) is 4.50. The molecule has 5 heteroatoms. The highest BCUT2D eigenvalue weighted by molar-refractivity contribution is 6.11. The van der Waals surface area contributed by atoms with Crippen LogP contribution in [0, 0.1) is 0 Å². The minimum absolute atomic E-state index is 0.180. The lowest BCUT2D eigenvalue weighted by Crippen LogP contribution is -2.59. The van der Waals surface area contributed by atoms with Crippen LogP contribution in [0.3, 0.4) is 0 Å². The number of morpholine rings is 1. The summed E-state index contributed by atoms with van der Waals surface area (Å²) in [5, 5.41) is 11.6. The molecule has 0 radical (unpaired) electrons. The number of fused-ring (bicyclic) bond motifs is 1. The first kappa shape index (κ1) is 14.4. The smallest absolute Gasteiger partial charge is 0.262 e. The Morgan fingerprint density at radius 3 is 2.35 bits per heavy atom. The maximum atomic E-state index is 13.0. The van der Waals surface area contributed by atoms with Crippen molar-refractivity contribution in [1.82, 2.24) is 4.90 Å². The van der Waals surface area contributed by atoms with Crippen molar-refractivity contribution in [1.29, 1.82) is 0 Å². The largest absolute Gasteiger partial charge is 0.379 e. The third kappa shape index (κ3) is 2.09. The second-order valence-corrected chi connectivity index (χ2v) is 5.76. The van der Waals surface area contributed by atoms with E-state index in [0.717, 1.165) is 0 Å². The molecule has 2 heterocycles. The highest BCUT2D eigenvalue weighted by atomic mass is 16.5. The molecular weight excluding hydrogens is 292 g/mol. The highest BCUT2D eigenvalue weighted by Crippen LogP contribution is 2.42. The van der Waals surface area contributed by atoms with E-state index >= 15 is 0 Å². The minimum atomic E-state index is -1.47. The first-order valence-electron chi connectivity index (χ1n) is 7.77. The predicted octanol–water partition coefficient (Wildman–Crippen LogP) is 1.78. The molecule has 2 aromatic rings. The van der Waals surface area contributed by atoms with E-state index in [2.05, 4.69) is 0 Å². The Hall–Kier alpha value is -2.21. The molecule has 0 saturated carbocycles. The zero-order valence-corrected chi connectivity index (χ0v) is 12.7. The maximum Gasteiger partial charge on any atom is 0.262 e. The molecule has 5 nitrogen and oxygen atoms in total. The standard InChI is InChI=1S/C18H18N2O3/c21-17-15-8-4-5-9-16(15)18(22,19-10-12-23-13-11-19)20(17)14-6-2-1-3-7-14/h1-9,22H,10-13H2. The molecule has 2 aliphatic rings. The van der Waals surface area contributed by atoms with Crippen LogP contribution >= 0.6 is 0 Å². The lowest BCUT2D eigenvalue weighted by molar-refractivity contribution is -0.139. The Bertz CT molecular complexity index is 728. The van der Waals surface area contributed by atoms with E-state index < -0.39 is 5.85 Å². The molecule has 1 atom stereocenters. The second-order valence-electron chi connectivity index (χ2n) is 5.76. The lowest BCUT2D eigenvalue weighted by Gasteiger charge is -2.44. The number of carbonyl (C=O) groups is 1. The fraction of sp³-hybridized carbons (Fsp3) is 0.278. The monoisotopic (exact) mass is 310 g/mol. The van der Waals surface area contributed by atoms with Crippen LogP contribution < -0.4 is 4.90 Å². The molecule has 118 valence electrons. The van der Waals surface area contributed by atoms with Crippen molar-refractivity contribution in [2.75, 3.05) is 31.2 Å². The molecule has 0 aliphatic carbocycles. The first-order valence-corrected chi connectivity index (χ1v) is 7.77. The Morgan fingerprint density at radius 1 is 0.957 bits per heavy atom. The van der Waals surface area contributed by atoms with E-state index in [0.29, 0.717) is 43.1 Å². The van der Waals surface area contributed by atoms with Gasteiger partial charge in [0.1, 0.15) is 0 Å². The molecule has 23 heavy (non-hydrogen) atoms. The topological polar surface area (TPSA) is 53.0 Å². The summed E-state index contributed by atoms with van der Waals surface area (Å²) in [5.41, 5.74) is 1.86. The van der Waals surface area contributed by atoms with Crippen molar-refractivity contribution in [3.05, 3.63) is 65.7 Å². The summed E-state index contributed by atoms with van der Waals surface area (Å²) in [6, 6.07) is 16.6. The summed E-state index contributed by atoms with van der Waals surface area (Å²) in [6.07, 6.45) is 0. The quantitative estimate of drug-likeness (QED) is 0.919. The number of aliphatic hydroxyl groups is 1. The molecule has 1 N–H and O–H groups in total. The number of hydrogen-bond acceptors (Lipinski definition) is 4. The van der Waals surface area contributed by atoms with E-state index in [1.54, 1.807) is 6.07 Å². The van der Waals surface area contributed by atoms with Crippen LogP contribution in [-0.4, -0.2) is 42.2 Å². The minimum Gasteiger partial charge on any atom is -0.379 e. The van der Waals surface area contributed by atoms with Crippen LogP contribution in [0.15, 0.2) is 54.6 Å². The molecule has 0 bridgehead atoms. The number of hydrogen-bond donors (Lipinski definition) is 1. The molecule has 0 aromatic heterocycles. The van der Waals surface area contributed by atoms with Crippen molar-refractivity contribution in [3.63, 3.8) is 0 Å². The summed E-state index contributed by atoms with van der Waals surface area (Å²) in [6.45, 7) is 2.23. The van der Waals surface area contributed by atoms with Gasteiger partial charge in [-0.25, -0.2) is 4.90 Å². The number of para-hydroxylation sites is 1. The molecule has 4 rings (SSSR count). The average molecular weight is 310 g/mol.